The van der Waals surface area contributed by atoms with Gasteiger partial charge in [-0.1, -0.05) is 24.6 Å². The lowest BCUT2D eigenvalue weighted by molar-refractivity contribution is -0.0394. The molecule has 0 aromatic heterocycles. The average molecular weight is 358 g/mol. The summed E-state index contributed by atoms with van der Waals surface area (Å²) < 4.78 is 5.85. The lowest BCUT2D eigenvalue weighted by atomic mass is 9.82. The highest BCUT2D eigenvalue weighted by Gasteiger charge is 2.48. The number of ether oxygens (including phenoxy) is 1. The van der Waals surface area contributed by atoms with Crippen LogP contribution in [0, 0.1) is 0 Å². The number of esters is 1. The second kappa shape index (κ2) is 6.91. The molecule has 3 aliphatic rings. The molecule has 26 heavy (non-hydrogen) atoms. The SMILES string of the molecule is O=C1OC2(CCN(C(=O)O)CC2)c2cccc(CCN3CCCCC3)c21. The summed E-state index contributed by atoms with van der Waals surface area (Å²) in [5.41, 5.74) is 2.12. The molecule has 4 rings (SSSR count). The Labute approximate surface area is 153 Å². The third kappa shape index (κ3) is 3.07. The van der Waals surface area contributed by atoms with Crippen molar-refractivity contribution in [2.24, 2.45) is 0 Å². The highest BCUT2D eigenvalue weighted by atomic mass is 16.6. The Morgan fingerprint density at radius 1 is 1.12 bits per heavy atom. The Hall–Kier alpha value is -2.08. The first-order chi connectivity index (χ1) is 12.6. The Morgan fingerprint density at radius 2 is 1.85 bits per heavy atom. The Balaban J connectivity index is 1.53. The summed E-state index contributed by atoms with van der Waals surface area (Å²) in [6.45, 7) is 4.08. The number of carbonyl (C=O) groups is 2. The lowest BCUT2D eigenvalue weighted by Crippen LogP contribution is -2.44. The van der Waals surface area contributed by atoms with Crippen LogP contribution in [0.25, 0.3) is 0 Å². The highest BCUT2D eigenvalue weighted by Crippen LogP contribution is 2.45. The summed E-state index contributed by atoms with van der Waals surface area (Å²) in [5.74, 6) is -0.238. The average Bonchev–Trinajstić information content (AvgIpc) is 2.93. The van der Waals surface area contributed by atoms with Crippen molar-refractivity contribution in [2.45, 2.75) is 44.1 Å². The minimum absolute atomic E-state index is 0.238. The van der Waals surface area contributed by atoms with Crippen LogP contribution in [-0.2, 0) is 16.8 Å². The van der Waals surface area contributed by atoms with E-state index in [1.54, 1.807) is 0 Å². The molecule has 0 atom stereocenters. The number of nitrogens with zero attached hydrogens (tertiary/aromatic N) is 2. The molecule has 3 aliphatic heterocycles. The van der Waals surface area contributed by atoms with Gasteiger partial charge in [-0.3, -0.25) is 0 Å². The van der Waals surface area contributed by atoms with Crippen molar-refractivity contribution in [3.8, 4) is 0 Å². The van der Waals surface area contributed by atoms with Crippen LogP contribution in [0.5, 0.6) is 0 Å². The molecule has 1 amide bonds. The number of benzene rings is 1. The molecule has 2 saturated heterocycles. The van der Waals surface area contributed by atoms with Crippen molar-refractivity contribution in [3.05, 3.63) is 34.9 Å². The van der Waals surface area contributed by atoms with Gasteiger partial charge in [0.05, 0.1) is 5.56 Å². The third-order valence-electron chi connectivity index (χ3n) is 6.12. The van der Waals surface area contributed by atoms with Crippen molar-refractivity contribution >= 4 is 12.1 Å². The van der Waals surface area contributed by atoms with Crippen LogP contribution in [0.2, 0.25) is 0 Å². The van der Waals surface area contributed by atoms with Crippen molar-refractivity contribution in [2.75, 3.05) is 32.7 Å². The first-order valence-electron chi connectivity index (χ1n) is 9.65. The van der Waals surface area contributed by atoms with E-state index in [0.29, 0.717) is 25.9 Å². The summed E-state index contributed by atoms with van der Waals surface area (Å²) in [4.78, 5) is 27.7. The van der Waals surface area contributed by atoms with E-state index >= 15 is 0 Å². The van der Waals surface area contributed by atoms with Gasteiger partial charge < -0.3 is 19.6 Å². The number of amides is 1. The smallest absolute Gasteiger partial charge is 0.407 e. The second-order valence-corrected chi connectivity index (χ2v) is 7.65. The minimum Gasteiger partial charge on any atom is -0.465 e. The standard InChI is InChI=1S/C20H26N2O4/c23-18-17-15(7-12-21-10-2-1-3-11-21)5-4-6-16(17)20(26-18)8-13-22(14-9-20)19(24)25/h4-6H,1-3,7-14H2,(H,24,25). The molecule has 0 saturated carbocycles. The number of fused-ring (bicyclic) bond motifs is 2. The molecular formula is C20H26N2O4. The third-order valence-corrected chi connectivity index (χ3v) is 6.12. The molecule has 6 heteroatoms. The van der Waals surface area contributed by atoms with Gasteiger partial charge in [-0.15, -0.1) is 0 Å². The zero-order chi connectivity index (χ0) is 18.1. The first-order valence-corrected chi connectivity index (χ1v) is 9.65. The van der Waals surface area contributed by atoms with E-state index in [-0.39, 0.29) is 5.97 Å². The van der Waals surface area contributed by atoms with Crippen LogP contribution in [0.15, 0.2) is 18.2 Å². The van der Waals surface area contributed by atoms with Crippen LogP contribution < -0.4 is 0 Å². The first kappa shape index (κ1) is 17.3. The molecule has 0 radical (unpaired) electrons. The molecule has 1 aromatic carbocycles. The second-order valence-electron chi connectivity index (χ2n) is 7.65. The summed E-state index contributed by atoms with van der Waals surface area (Å²) >= 11 is 0. The number of likely N-dealkylation sites (tertiary alicyclic amines) is 2. The maximum atomic E-state index is 12.7. The summed E-state index contributed by atoms with van der Waals surface area (Å²) in [5, 5.41) is 9.17. The largest absolute Gasteiger partial charge is 0.465 e. The normalized spacial score (nSPS) is 22.3. The fourth-order valence-electron chi connectivity index (χ4n) is 4.60. The van der Waals surface area contributed by atoms with Crippen LogP contribution in [0.3, 0.4) is 0 Å². The van der Waals surface area contributed by atoms with E-state index in [4.69, 9.17) is 9.84 Å². The molecule has 1 N–H and O–H groups in total. The molecule has 1 spiro atoms. The monoisotopic (exact) mass is 358 g/mol. The fourth-order valence-corrected chi connectivity index (χ4v) is 4.60. The molecule has 0 bridgehead atoms. The molecule has 0 unspecified atom stereocenters. The topological polar surface area (TPSA) is 70.1 Å². The lowest BCUT2D eigenvalue weighted by Gasteiger charge is -2.37. The van der Waals surface area contributed by atoms with E-state index in [2.05, 4.69) is 4.90 Å². The number of rotatable bonds is 3. The predicted molar refractivity (Wildman–Crippen MR) is 96.4 cm³/mol. The number of hydrogen-bond donors (Lipinski definition) is 1. The maximum Gasteiger partial charge on any atom is 0.407 e. The Kier molecular flexibility index (Phi) is 4.61. The van der Waals surface area contributed by atoms with Gasteiger partial charge in [-0.05, 0) is 37.9 Å². The van der Waals surface area contributed by atoms with Gasteiger partial charge in [-0.2, -0.15) is 0 Å². The Morgan fingerprint density at radius 3 is 2.54 bits per heavy atom. The van der Waals surface area contributed by atoms with E-state index in [1.807, 2.05) is 18.2 Å². The predicted octanol–water partition coefficient (Wildman–Crippen LogP) is 2.85. The summed E-state index contributed by atoms with van der Waals surface area (Å²) in [6.07, 6.45) is 4.87. The number of hydrogen-bond acceptors (Lipinski definition) is 4. The number of carboxylic acid groups (broad SMARTS) is 1. The van der Waals surface area contributed by atoms with E-state index in [0.717, 1.165) is 42.7 Å². The zero-order valence-corrected chi connectivity index (χ0v) is 15.1. The van der Waals surface area contributed by atoms with E-state index in [9.17, 15) is 9.59 Å². The molecule has 1 aromatic rings. The van der Waals surface area contributed by atoms with Gasteiger partial charge in [0.25, 0.3) is 0 Å². The molecule has 6 nitrogen and oxygen atoms in total. The van der Waals surface area contributed by atoms with Gasteiger partial charge in [0.15, 0.2) is 0 Å². The van der Waals surface area contributed by atoms with Crippen LogP contribution in [0.4, 0.5) is 4.79 Å². The van der Waals surface area contributed by atoms with E-state index in [1.165, 1.54) is 24.2 Å². The Bertz CT molecular complexity index is 704. The maximum absolute atomic E-state index is 12.7. The van der Waals surface area contributed by atoms with Crippen molar-refractivity contribution in [1.29, 1.82) is 0 Å². The number of piperidine rings is 2. The van der Waals surface area contributed by atoms with Crippen LogP contribution >= 0.6 is 0 Å². The minimum atomic E-state index is -0.903. The molecule has 0 aliphatic carbocycles. The highest BCUT2D eigenvalue weighted by molar-refractivity contribution is 5.96. The van der Waals surface area contributed by atoms with Crippen molar-refractivity contribution < 1.29 is 19.4 Å². The summed E-state index contributed by atoms with van der Waals surface area (Å²) in [7, 11) is 0. The molecule has 3 heterocycles. The van der Waals surface area contributed by atoms with Crippen molar-refractivity contribution in [1.82, 2.24) is 9.80 Å². The van der Waals surface area contributed by atoms with Gasteiger partial charge in [0, 0.05) is 38.0 Å². The van der Waals surface area contributed by atoms with E-state index < -0.39 is 11.7 Å². The molecule has 140 valence electrons. The molecular weight excluding hydrogens is 332 g/mol. The fraction of sp³-hybridized carbons (Fsp3) is 0.600. The number of carbonyl (C=O) groups excluding carboxylic acids is 1. The van der Waals surface area contributed by atoms with Gasteiger partial charge in [-0.25, -0.2) is 9.59 Å². The van der Waals surface area contributed by atoms with Crippen LogP contribution in [-0.4, -0.2) is 59.7 Å². The van der Waals surface area contributed by atoms with Gasteiger partial charge in [0.2, 0.25) is 0 Å². The van der Waals surface area contributed by atoms with Crippen molar-refractivity contribution in [3.63, 3.8) is 0 Å². The summed E-state index contributed by atoms with van der Waals surface area (Å²) in [6, 6.07) is 6.04. The quantitative estimate of drug-likeness (QED) is 0.842. The van der Waals surface area contributed by atoms with Gasteiger partial charge >= 0.3 is 12.1 Å². The van der Waals surface area contributed by atoms with Crippen LogP contribution in [0.1, 0.15) is 53.6 Å². The molecule has 2 fully saturated rings. The zero-order valence-electron chi connectivity index (χ0n) is 15.1. The van der Waals surface area contributed by atoms with Gasteiger partial charge in [0.1, 0.15) is 5.60 Å².